The largest absolute Gasteiger partial charge is 0.496 e. The van der Waals surface area contributed by atoms with E-state index in [1.54, 1.807) is 7.11 Å². The van der Waals surface area contributed by atoms with Gasteiger partial charge in [-0.2, -0.15) is 0 Å². The van der Waals surface area contributed by atoms with E-state index in [1.807, 2.05) is 18.2 Å². The summed E-state index contributed by atoms with van der Waals surface area (Å²) >= 11 is 0. The maximum atomic E-state index is 6.97. The molecule has 2 nitrogen and oxygen atoms in total. The minimum Gasteiger partial charge on any atom is -0.496 e. The third-order valence-corrected chi connectivity index (χ3v) is 4.67. The standard InChI is InChI=1S/C18H21NO.ClH/c1-17(2)12-13-8-4-5-9-14(13)18(17,19)15-10-6-7-11-16(15)20-3;/h4-11H,12,19H2,1-3H3;1H. The molecule has 112 valence electrons. The first kappa shape index (κ1) is 15.9. The summed E-state index contributed by atoms with van der Waals surface area (Å²) in [6.45, 7) is 4.47. The van der Waals surface area contributed by atoms with Crippen molar-refractivity contribution < 1.29 is 4.74 Å². The number of benzene rings is 2. The maximum Gasteiger partial charge on any atom is 0.124 e. The van der Waals surface area contributed by atoms with Gasteiger partial charge in [0, 0.05) is 5.56 Å². The second-order valence-electron chi connectivity index (χ2n) is 6.23. The minimum atomic E-state index is -0.518. The molecule has 0 bridgehead atoms. The van der Waals surface area contributed by atoms with Gasteiger partial charge in [0.1, 0.15) is 5.75 Å². The quantitative estimate of drug-likeness (QED) is 0.913. The topological polar surface area (TPSA) is 35.2 Å². The molecule has 0 spiro atoms. The molecule has 1 aliphatic carbocycles. The zero-order chi connectivity index (χ0) is 14.4. The Morgan fingerprint density at radius 3 is 2.19 bits per heavy atom. The van der Waals surface area contributed by atoms with Crippen LogP contribution in [0.25, 0.3) is 0 Å². The van der Waals surface area contributed by atoms with Crippen molar-refractivity contribution in [1.82, 2.24) is 0 Å². The minimum absolute atomic E-state index is 0. The molecule has 0 saturated heterocycles. The van der Waals surface area contributed by atoms with E-state index in [0.29, 0.717) is 0 Å². The lowest BCUT2D eigenvalue weighted by atomic mass is 9.69. The van der Waals surface area contributed by atoms with E-state index < -0.39 is 5.54 Å². The van der Waals surface area contributed by atoms with Gasteiger partial charge >= 0.3 is 0 Å². The summed E-state index contributed by atoms with van der Waals surface area (Å²) in [5.74, 6) is 0.861. The van der Waals surface area contributed by atoms with Crippen LogP contribution in [0.5, 0.6) is 5.75 Å². The second kappa shape index (κ2) is 5.36. The van der Waals surface area contributed by atoms with E-state index in [4.69, 9.17) is 10.5 Å². The molecule has 1 atom stereocenters. The zero-order valence-corrected chi connectivity index (χ0v) is 13.5. The SMILES string of the molecule is COc1ccccc1C1(N)c2ccccc2CC1(C)C.Cl. The lowest BCUT2D eigenvalue weighted by Gasteiger charge is -2.40. The highest BCUT2D eigenvalue weighted by Gasteiger charge is 2.51. The van der Waals surface area contributed by atoms with Crippen molar-refractivity contribution in [2.45, 2.75) is 25.8 Å². The Kier molecular flexibility index (Phi) is 4.05. The van der Waals surface area contributed by atoms with Gasteiger partial charge in [-0.3, -0.25) is 0 Å². The number of nitrogens with two attached hydrogens (primary N) is 1. The van der Waals surface area contributed by atoms with Gasteiger partial charge in [-0.15, -0.1) is 12.4 Å². The van der Waals surface area contributed by atoms with Gasteiger partial charge in [0.15, 0.2) is 0 Å². The van der Waals surface area contributed by atoms with Gasteiger partial charge in [-0.05, 0) is 29.0 Å². The predicted molar refractivity (Wildman–Crippen MR) is 89.1 cm³/mol. The van der Waals surface area contributed by atoms with Crippen LogP contribution in [0.3, 0.4) is 0 Å². The number of fused-ring (bicyclic) bond motifs is 1. The second-order valence-corrected chi connectivity index (χ2v) is 6.23. The molecule has 21 heavy (non-hydrogen) atoms. The molecule has 0 amide bonds. The van der Waals surface area contributed by atoms with Crippen LogP contribution < -0.4 is 10.5 Å². The molecule has 3 rings (SSSR count). The van der Waals surface area contributed by atoms with Crippen molar-refractivity contribution in [1.29, 1.82) is 0 Å². The third kappa shape index (κ3) is 2.14. The van der Waals surface area contributed by atoms with Crippen LogP contribution in [0.1, 0.15) is 30.5 Å². The molecule has 0 aromatic heterocycles. The number of ether oxygens (including phenoxy) is 1. The molecule has 0 heterocycles. The molecular formula is C18H22ClNO. The summed E-state index contributed by atoms with van der Waals surface area (Å²) in [4.78, 5) is 0. The maximum absolute atomic E-state index is 6.97. The van der Waals surface area contributed by atoms with Gasteiger partial charge < -0.3 is 10.5 Å². The monoisotopic (exact) mass is 303 g/mol. The normalized spacial score (nSPS) is 22.3. The lowest BCUT2D eigenvalue weighted by molar-refractivity contribution is 0.227. The molecule has 1 aliphatic rings. The van der Waals surface area contributed by atoms with E-state index >= 15 is 0 Å². The zero-order valence-electron chi connectivity index (χ0n) is 12.7. The predicted octanol–water partition coefficient (Wildman–Crippen LogP) is 3.90. The van der Waals surface area contributed by atoms with Crippen LogP contribution >= 0.6 is 12.4 Å². The molecule has 3 heteroatoms. The highest BCUT2D eigenvalue weighted by atomic mass is 35.5. The fraction of sp³-hybridized carbons (Fsp3) is 0.333. The molecular weight excluding hydrogens is 282 g/mol. The lowest BCUT2D eigenvalue weighted by Crippen LogP contribution is -2.48. The van der Waals surface area contributed by atoms with E-state index in [2.05, 4.69) is 44.2 Å². The number of halogens is 1. The average Bonchev–Trinajstić information content (AvgIpc) is 2.67. The number of rotatable bonds is 2. The number of hydrogen-bond donors (Lipinski definition) is 1. The Bertz CT molecular complexity index is 653. The van der Waals surface area contributed by atoms with Gasteiger partial charge in [0.05, 0.1) is 12.6 Å². The van der Waals surface area contributed by atoms with Crippen molar-refractivity contribution in [2.24, 2.45) is 11.1 Å². The van der Waals surface area contributed by atoms with Crippen LogP contribution in [-0.4, -0.2) is 7.11 Å². The summed E-state index contributed by atoms with van der Waals surface area (Å²) in [7, 11) is 1.70. The van der Waals surface area contributed by atoms with Gasteiger partial charge in [0.2, 0.25) is 0 Å². The Hall–Kier alpha value is -1.51. The average molecular weight is 304 g/mol. The Morgan fingerprint density at radius 1 is 0.952 bits per heavy atom. The summed E-state index contributed by atoms with van der Waals surface area (Å²) in [6.07, 6.45) is 0.984. The summed E-state index contributed by atoms with van der Waals surface area (Å²) in [5.41, 5.74) is 10.0. The first-order valence-corrected chi connectivity index (χ1v) is 7.01. The summed E-state index contributed by atoms with van der Waals surface area (Å²) < 4.78 is 5.55. The van der Waals surface area contributed by atoms with Crippen molar-refractivity contribution in [3.63, 3.8) is 0 Å². The number of para-hydroxylation sites is 1. The van der Waals surface area contributed by atoms with Crippen LogP contribution in [-0.2, 0) is 12.0 Å². The van der Waals surface area contributed by atoms with Gasteiger partial charge in [0.25, 0.3) is 0 Å². The highest BCUT2D eigenvalue weighted by Crippen LogP contribution is 2.53. The van der Waals surface area contributed by atoms with E-state index in [-0.39, 0.29) is 17.8 Å². The first-order valence-electron chi connectivity index (χ1n) is 7.01. The van der Waals surface area contributed by atoms with E-state index in [0.717, 1.165) is 17.7 Å². The van der Waals surface area contributed by atoms with Gasteiger partial charge in [-0.1, -0.05) is 56.3 Å². The third-order valence-electron chi connectivity index (χ3n) is 4.67. The Morgan fingerprint density at radius 2 is 1.52 bits per heavy atom. The summed E-state index contributed by atoms with van der Waals surface area (Å²) in [5, 5.41) is 0. The fourth-order valence-electron chi connectivity index (χ4n) is 3.52. The van der Waals surface area contributed by atoms with Crippen molar-refractivity contribution >= 4 is 12.4 Å². The molecule has 2 N–H and O–H groups in total. The van der Waals surface area contributed by atoms with Crippen LogP contribution in [0.2, 0.25) is 0 Å². The molecule has 1 unspecified atom stereocenters. The fourth-order valence-corrected chi connectivity index (χ4v) is 3.52. The number of methoxy groups -OCH3 is 1. The smallest absolute Gasteiger partial charge is 0.124 e. The van der Waals surface area contributed by atoms with Crippen LogP contribution in [0, 0.1) is 5.41 Å². The van der Waals surface area contributed by atoms with E-state index in [1.165, 1.54) is 11.1 Å². The van der Waals surface area contributed by atoms with Crippen molar-refractivity contribution in [2.75, 3.05) is 7.11 Å². The van der Waals surface area contributed by atoms with E-state index in [9.17, 15) is 0 Å². The Balaban J connectivity index is 0.00000161. The Labute approximate surface area is 132 Å². The molecule has 0 aliphatic heterocycles. The highest BCUT2D eigenvalue weighted by molar-refractivity contribution is 5.85. The number of hydrogen-bond acceptors (Lipinski definition) is 2. The molecule has 0 saturated carbocycles. The van der Waals surface area contributed by atoms with Crippen LogP contribution in [0.15, 0.2) is 48.5 Å². The van der Waals surface area contributed by atoms with Gasteiger partial charge in [-0.25, -0.2) is 0 Å². The van der Waals surface area contributed by atoms with Crippen molar-refractivity contribution in [3.05, 3.63) is 65.2 Å². The molecule has 0 fully saturated rings. The summed E-state index contributed by atoms with van der Waals surface area (Å²) in [6, 6.07) is 16.6. The molecule has 0 radical (unpaired) electrons. The molecule has 2 aromatic carbocycles. The van der Waals surface area contributed by atoms with Crippen LogP contribution in [0.4, 0.5) is 0 Å². The molecule has 2 aromatic rings. The van der Waals surface area contributed by atoms with Crippen molar-refractivity contribution in [3.8, 4) is 5.75 Å². The first-order chi connectivity index (χ1) is 9.50.